The molecule has 94 valence electrons. The van der Waals surface area contributed by atoms with Crippen molar-refractivity contribution in [3.05, 3.63) is 23.3 Å². The van der Waals surface area contributed by atoms with Gasteiger partial charge in [-0.2, -0.15) is 0 Å². The van der Waals surface area contributed by atoms with Crippen LogP contribution in [-0.4, -0.2) is 26.4 Å². The minimum atomic E-state index is -0.776. The molecular weight excluding hydrogens is 220 g/mol. The fourth-order valence-electron chi connectivity index (χ4n) is 2.04. The molecular formula is C13H18O4. The van der Waals surface area contributed by atoms with Crippen molar-refractivity contribution in [2.75, 3.05) is 21.3 Å². The van der Waals surface area contributed by atoms with Crippen LogP contribution in [0.1, 0.15) is 24.0 Å². The molecule has 17 heavy (non-hydrogen) atoms. The van der Waals surface area contributed by atoms with Crippen LogP contribution in [0.5, 0.6) is 11.5 Å². The zero-order valence-electron chi connectivity index (χ0n) is 10.4. The van der Waals surface area contributed by atoms with Crippen molar-refractivity contribution in [1.29, 1.82) is 0 Å². The summed E-state index contributed by atoms with van der Waals surface area (Å²) in [5, 5.41) is 10.3. The van der Waals surface area contributed by atoms with E-state index in [4.69, 9.17) is 14.2 Å². The largest absolute Gasteiger partial charge is 0.496 e. The number of rotatable bonds is 5. The van der Waals surface area contributed by atoms with Gasteiger partial charge in [-0.05, 0) is 30.5 Å². The highest BCUT2D eigenvalue weighted by atomic mass is 16.5. The summed E-state index contributed by atoms with van der Waals surface area (Å²) in [6, 6.07) is 3.77. The molecule has 1 aliphatic carbocycles. The first kappa shape index (κ1) is 12.2. The zero-order chi connectivity index (χ0) is 12.5. The zero-order valence-corrected chi connectivity index (χ0v) is 10.4. The first-order valence-electron chi connectivity index (χ1n) is 5.61. The molecule has 0 amide bonds. The Kier molecular flexibility index (Phi) is 3.26. The van der Waals surface area contributed by atoms with Crippen molar-refractivity contribution < 1.29 is 19.3 Å². The Morgan fingerprint density at radius 2 is 1.65 bits per heavy atom. The highest BCUT2D eigenvalue weighted by molar-refractivity contribution is 5.53. The van der Waals surface area contributed by atoms with E-state index in [1.54, 1.807) is 21.3 Å². The third-order valence-corrected chi connectivity index (χ3v) is 3.07. The summed E-state index contributed by atoms with van der Waals surface area (Å²) >= 11 is 0. The van der Waals surface area contributed by atoms with Gasteiger partial charge in [-0.3, -0.25) is 0 Å². The van der Waals surface area contributed by atoms with Crippen LogP contribution in [0, 0.1) is 0 Å². The van der Waals surface area contributed by atoms with Gasteiger partial charge in [-0.15, -0.1) is 0 Å². The summed E-state index contributed by atoms with van der Waals surface area (Å²) in [7, 11) is 4.84. The summed E-state index contributed by atoms with van der Waals surface area (Å²) in [5.74, 6) is 1.33. The van der Waals surface area contributed by atoms with Gasteiger partial charge < -0.3 is 19.3 Å². The molecule has 0 spiro atoms. The number of benzene rings is 1. The minimum absolute atomic E-state index is 0.491. The maximum atomic E-state index is 10.3. The van der Waals surface area contributed by atoms with Crippen molar-refractivity contribution >= 4 is 0 Å². The Morgan fingerprint density at radius 1 is 1.12 bits per heavy atom. The second-order valence-corrected chi connectivity index (χ2v) is 4.34. The summed E-state index contributed by atoms with van der Waals surface area (Å²) < 4.78 is 15.8. The van der Waals surface area contributed by atoms with Crippen LogP contribution in [0.15, 0.2) is 12.1 Å². The Morgan fingerprint density at radius 3 is 2.00 bits per heavy atom. The van der Waals surface area contributed by atoms with E-state index in [-0.39, 0.29) is 0 Å². The molecule has 0 saturated heterocycles. The van der Waals surface area contributed by atoms with Crippen LogP contribution >= 0.6 is 0 Å². The predicted molar refractivity (Wildman–Crippen MR) is 63.4 cm³/mol. The molecule has 1 saturated carbocycles. The summed E-state index contributed by atoms with van der Waals surface area (Å²) in [5.41, 5.74) is 0.944. The fraction of sp³-hybridized carbons (Fsp3) is 0.538. The predicted octanol–water partition coefficient (Wildman–Crippen LogP) is 1.83. The van der Waals surface area contributed by atoms with E-state index >= 15 is 0 Å². The molecule has 1 aliphatic rings. The van der Waals surface area contributed by atoms with Crippen LogP contribution in [0.25, 0.3) is 0 Å². The maximum absolute atomic E-state index is 10.3. The van der Waals surface area contributed by atoms with E-state index < -0.39 is 5.60 Å². The SMILES string of the molecule is COCc1cc(OC)c(C2(O)CC2)c(OC)c1. The number of aliphatic hydroxyl groups is 1. The number of hydrogen-bond acceptors (Lipinski definition) is 4. The lowest BCUT2D eigenvalue weighted by molar-refractivity contribution is 0.142. The molecule has 1 aromatic carbocycles. The molecule has 1 aromatic rings. The van der Waals surface area contributed by atoms with E-state index in [1.807, 2.05) is 12.1 Å². The molecule has 1 fully saturated rings. The molecule has 0 aromatic heterocycles. The minimum Gasteiger partial charge on any atom is -0.496 e. The van der Waals surface area contributed by atoms with Gasteiger partial charge in [0.15, 0.2) is 0 Å². The van der Waals surface area contributed by atoms with Gasteiger partial charge in [0.2, 0.25) is 0 Å². The second-order valence-electron chi connectivity index (χ2n) is 4.34. The van der Waals surface area contributed by atoms with Crippen molar-refractivity contribution in [1.82, 2.24) is 0 Å². The Labute approximate surface area is 101 Å². The Balaban J connectivity index is 2.48. The quantitative estimate of drug-likeness (QED) is 0.850. The smallest absolute Gasteiger partial charge is 0.129 e. The maximum Gasteiger partial charge on any atom is 0.129 e. The third-order valence-electron chi connectivity index (χ3n) is 3.07. The van der Waals surface area contributed by atoms with Gasteiger partial charge in [0.25, 0.3) is 0 Å². The van der Waals surface area contributed by atoms with Crippen LogP contribution < -0.4 is 9.47 Å². The number of methoxy groups -OCH3 is 3. The molecule has 0 unspecified atom stereocenters. The average molecular weight is 238 g/mol. The number of hydrogen-bond donors (Lipinski definition) is 1. The topological polar surface area (TPSA) is 47.9 Å². The lowest BCUT2D eigenvalue weighted by Crippen LogP contribution is -2.10. The standard InChI is InChI=1S/C13H18O4/c1-15-8-9-6-10(16-2)12(11(7-9)17-3)13(14)4-5-13/h6-7,14H,4-5,8H2,1-3H3. The van der Waals surface area contributed by atoms with Crippen molar-refractivity contribution in [3.8, 4) is 11.5 Å². The van der Waals surface area contributed by atoms with E-state index in [2.05, 4.69) is 0 Å². The van der Waals surface area contributed by atoms with Gasteiger partial charge in [-0.25, -0.2) is 0 Å². The van der Waals surface area contributed by atoms with Crippen molar-refractivity contribution in [2.45, 2.75) is 25.0 Å². The summed E-state index contributed by atoms with van der Waals surface area (Å²) in [6.45, 7) is 0.491. The Hall–Kier alpha value is -1.26. The summed E-state index contributed by atoms with van der Waals surface area (Å²) in [4.78, 5) is 0. The van der Waals surface area contributed by atoms with Gasteiger partial charge >= 0.3 is 0 Å². The molecule has 0 heterocycles. The monoisotopic (exact) mass is 238 g/mol. The average Bonchev–Trinajstić information content (AvgIpc) is 3.07. The fourth-order valence-corrected chi connectivity index (χ4v) is 2.04. The van der Waals surface area contributed by atoms with Gasteiger partial charge in [0.05, 0.1) is 32.0 Å². The molecule has 0 radical (unpaired) electrons. The van der Waals surface area contributed by atoms with Crippen molar-refractivity contribution in [2.24, 2.45) is 0 Å². The van der Waals surface area contributed by atoms with E-state index in [1.165, 1.54) is 0 Å². The lowest BCUT2D eigenvalue weighted by atomic mass is 10.0. The molecule has 0 bridgehead atoms. The first-order chi connectivity index (χ1) is 8.14. The molecule has 0 aliphatic heterocycles. The van der Waals surface area contributed by atoms with Crippen molar-refractivity contribution in [3.63, 3.8) is 0 Å². The molecule has 4 heteroatoms. The molecule has 0 atom stereocenters. The lowest BCUT2D eigenvalue weighted by Gasteiger charge is -2.18. The first-order valence-corrected chi connectivity index (χ1v) is 5.61. The molecule has 2 rings (SSSR count). The van der Waals surface area contributed by atoms with Crippen LogP contribution in [0.4, 0.5) is 0 Å². The molecule has 4 nitrogen and oxygen atoms in total. The highest BCUT2D eigenvalue weighted by Gasteiger charge is 2.46. The Bertz CT molecular complexity index is 385. The van der Waals surface area contributed by atoms with Crippen LogP contribution in [0.2, 0.25) is 0 Å². The van der Waals surface area contributed by atoms with E-state index in [0.29, 0.717) is 18.1 Å². The second kappa shape index (κ2) is 4.55. The van der Waals surface area contributed by atoms with Crippen LogP contribution in [0.3, 0.4) is 0 Å². The number of ether oxygens (including phenoxy) is 3. The van der Waals surface area contributed by atoms with E-state index in [9.17, 15) is 5.11 Å². The molecule has 1 N–H and O–H groups in total. The van der Waals surface area contributed by atoms with E-state index in [0.717, 1.165) is 24.0 Å². The highest BCUT2D eigenvalue weighted by Crippen LogP contribution is 2.52. The van der Waals surface area contributed by atoms with Gasteiger partial charge in [0.1, 0.15) is 11.5 Å². The third kappa shape index (κ3) is 2.23. The van der Waals surface area contributed by atoms with Crippen LogP contribution in [-0.2, 0) is 16.9 Å². The van der Waals surface area contributed by atoms with Gasteiger partial charge in [0, 0.05) is 7.11 Å². The normalized spacial score (nSPS) is 16.7. The van der Waals surface area contributed by atoms with Gasteiger partial charge in [-0.1, -0.05) is 0 Å². The summed E-state index contributed by atoms with van der Waals surface area (Å²) in [6.07, 6.45) is 1.51.